The number of carbonyl (C=O) groups is 1. The Hall–Kier alpha value is -2.15. The Kier molecular flexibility index (Phi) is 5.92. The van der Waals surface area contributed by atoms with Gasteiger partial charge in [0.05, 0.1) is 4.92 Å². The summed E-state index contributed by atoms with van der Waals surface area (Å²) in [7, 11) is 3.55. The van der Waals surface area contributed by atoms with Gasteiger partial charge in [-0.3, -0.25) is 14.9 Å². The standard InChI is InChI=1S/C13H20N4O3/c1-4-16(3)8-7-15-13(18)10-5-6-12(17(19)20)11(9-10)14-2/h5-6,9,14H,4,7-8H2,1-3H3,(H,15,18). The molecular weight excluding hydrogens is 260 g/mol. The molecule has 1 aromatic rings. The van der Waals surface area contributed by atoms with E-state index in [1.165, 1.54) is 18.2 Å². The lowest BCUT2D eigenvalue weighted by Crippen LogP contribution is -2.32. The first-order valence-corrected chi connectivity index (χ1v) is 6.42. The highest BCUT2D eigenvalue weighted by Crippen LogP contribution is 2.24. The molecule has 0 spiro atoms. The molecule has 0 saturated heterocycles. The third-order valence-electron chi connectivity index (χ3n) is 3.04. The van der Waals surface area contributed by atoms with E-state index >= 15 is 0 Å². The van der Waals surface area contributed by atoms with Crippen LogP contribution in [0, 0.1) is 10.1 Å². The van der Waals surface area contributed by atoms with Gasteiger partial charge in [0.15, 0.2) is 0 Å². The van der Waals surface area contributed by atoms with Crippen molar-refractivity contribution in [2.24, 2.45) is 0 Å². The van der Waals surface area contributed by atoms with E-state index in [1.807, 2.05) is 14.0 Å². The van der Waals surface area contributed by atoms with E-state index in [1.54, 1.807) is 7.05 Å². The predicted octanol–water partition coefficient (Wildman–Crippen LogP) is 1.32. The van der Waals surface area contributed by atoms with Crippen molar-refractivity contribution >= 4 is 17.3 Å². The first-order valence-electron chi connectivity index (χ1n) is 6.42. The molecule has 0 atom stereocenters. The number of hydrogen-bond acceptors (Lipinski definition) is 5. The molecule has 110 valence electrons. The van der Waals surface area contributed by atoms with Gasteiger partial charge in [-0.05, 0) is 25.7 Å². The predicted molar refractivity (Wildman–Crippen MR) is 78.1 cm³/mol. The van der Waals surface area contributed by atoms with E-state index in [4.69, 9.17) is 0 Å². The normalized spacial score (nSPS) is 10.4. The number of nitrogens with one attached hydrogen (secondary N) is 2. The molecule has 0 aliphatic rings. The van der Waals surface area contributed by atoms with Gasteiger partial charge < -0.3 is 15.5 Å². The van der Waals surface area contributed by atoms with E-state index in [-0.39, 0.29) is 11.6 Å². The number of nitro benzene ring substituents is 1. The van der Waals surface area contributed by atoms with Crippen LogP contribution in [0.2, 0.25) is 0 Å². The van der Waals surface area contributed by atoms with E-state index in [2.05, 4.69) is 15.5 Å². The Morgan fingerprint density at radius 3 is 2.70 bits per heavy atom. The summed E-state index contributed by atoms with van der Waals surface area (Å²) >= 11 is 0. The van der Waals surface area contributed by atoms with Gasteiger partial charge in [-0.25, -0.2) is 0 Å². The van der Waals surface area contributed by atoms with Crippen LogP contribution in [0.1, 0.15) is 17.3 Å². The minimum Gasteiger partial charge on any atom is -0.383 e. The molecule has 0 bridgehead atoms. The molecule has 0 aliphatic carbocycles. The summed E-state index contributed by atoms with van der Waals surface area (Å²) in [5.41, 5.74) is 0.683. The Morgan fingerprint density at radius 2 is 2.15 bits per heavy atom. The molecule has 0 aliphatic heterocycles. The Balaban J connectivity index is 2.71. The van der Waals surface area contributed by atoms with Crippen molar-refractivity contribution in [3.63, 3.8) is 0 Å². The largest absolute Gasteiger partial charge is 0.383 e. The molecule has 0 saturated carbocycles. The van der Waals surface area contributed by atoms with Crippen LogP contribution < -0.4 is 10.6 Å². The number of likely N-dealkylation sites (N-methyl/N-ethyl adjacent to an activating group) is 1. The average Bonchev–Trinajstić information content (AvgIpc) is 2.45. The van der Waals surface area contributed by atoms with Crippen LogP contribution in [0.25, 0.3) is 0 Å². The summed E-state index contributed by atoms with van der Waals surface area (Å²) in [4.78, 5) is 24.3. The minimum atomic E-state index is -0.482. The van der Waals surface area contributed by atoms with Gasteiger partial charge in [0.25, 0.3) is 11.6 Å². The fraction of sp³-hybridized carbons (Fsp3) is 0.462. The smallest absolute Gasteiger partial charge is 0.292 e. The van der Waals surface area contributed by atoms with Gasteiger partial charge in [-0.2, -0.15) is 0 Å². The first kappa shape index (κ1) is 15.9. The van der Waals surface area contributed by atoms with Crippen LogP contribution in [0.15, 0.2) is 18.2 Å². The Bertz CT molecular complexity index is 491. The second-order valence-electron chi connectivity index (χ2n) is 4.39. The Morgan fingerprint density at radius 1 is 1.45 bits per heavy atom. The molecule has 0 unspecified atom stereocenters. The van der Waals surface area contributed by atoms with Crippen LogP contribution in [0.4, 0.5) is 11.4 Å². The summed E-state index contributed by atoms with van der Waals surface area (Å²) in [6.45, 7) is 4.25. The molecule has 20 heavy (non-hydrogen) atoms. The molecule has 0 fully saturated rings. The average molecular weight is 280 g/mol. The van der Waals surface area contributed by atoms with E-state index in [0.29, 0.717) is 17.8 Å². The van der Waals surface area contributed by atoms with E-state index in [0.717, 1.165) is 13.1 Å². The third kappa shape index (κ3) is 4.20. The van der Waals surface area contributed by atoms with Crippen molar-refractivity contribution in [1.29, 1.82) is 0 Å². The van der Waals surface area contributed by atoms with Crippen LogP contribution in [-0.4, -0.2) is 49.5 Å². The molecule has 7 heteroatoms. The van der Waals surface area contributed by atoms with Gasteiger partial charge in [0.1, 0.15) is 5.69 Å². The van der Waals surface area contributed by atoms with Gasteiger partial charge in [0, 0.05) is 31.8 Å². The number of hydrogen-bond donors (Lipinski definition) is 2. The van der Waals surface area contributed by atoms with Crippen LogP contribution >= 0.6 is 0 Å². The molecule has 1 aromatic carbocycles. The number of anilines is 1. The zero-order valence-corrected chi connectivity index (χ0v) is 12.0. The number of amides is 1. The summed E-state index contributed by atoms with van der Waals surface area (Å²) in [5.74, 6) is -0.235. The third-order valence-corrected chi connectivity index (χ3v) is 3.04. The van der Waals surface area contributed by atoms with Crippen molar-refractivity contribution in [3.8, 4) is 0 Å². The quantitative estimate of drug-likeness (QED) is 0.581. The molecule has 7 nitrogen and oxygen atoms in total. The van der Waals surface area contributed by atoms with Crippen molar-refractivity contribution in [3.05, 3.63) is 33.9 Å². The maximum absolute atomic E-state index is 11.9. The van der Waals surface area contributed by atoms with Gasteiger partial charge >= 0.3 is 0 Å². The topological polar surface area (TPSA) is 87.5 Å². The van der Waals surface area contributed by atoms with Crippen molar-refractivity contribution < 1.29 is 9.72 Å². The highest BCUT2D eigenvalue weighted by atomic mass is 16.6. The van der Waals surface area contributed by atoms with Crippen molar-refractivity contribution in [2.45, 2.75) is 6.92 Å². The fourth-order valence-electron chi connectivity index (χ4n) is 1.66. The number of rotatable bonds is 7. The molecule has 2 N–H and O–H groups in total. The highest BCUT2D eigenvalue weighted by molar-refractivity contribution is 5.95. The number of carbonyl (C=O) groups excluding carboxylic acids is 1. The molecule has 1 rings (SSSR count). The van der Waals surface area contributed by atoms with Crippen molar-refractivity contribution in [2.75, 3.05) is 39.0 Å². The SMILES string of the molecule is CCN(C)CCNC(=O)c1ccc([N+](=O)[O-])c(NC)c1. The van der Waals surface area contributed by atoms with Crippen LogP contribution in [-0.2, 0) is 0 Å². The summed E-state index contributed by atoms with van der Waals surface area (Å²) < 4.78 is 0. The second-order valence-corrected chi connectivity index (χ2v) is 4.39. The lowest BCUT2D eigenvalue weighted by molar-refractivity contribution is -0.383. The summed E-state index contributed by atoms with van der Waals surface area (Å²) in [6, 6.07) is 4.27. The molecule has 0 radical (unpaired) electrons. The summed E-state index contributed by atoms with van der Waals surface area (Å²) in [6.07, 6.45) is 0. The van der Waals surface area contributed by atoms with Gasteiger partial charge in [0.2, 0.25) is 0 Å². The molecule has 0 aromatic heterocycles. The minimum absolute atomic E-state index is 0.0465. The first-order chi connectivity index (χ1) is 9.49. The maximum atomic E-state index is 11.9. The monoisotopic (exact) mass is 280 g/mol. The van der Waals surface area contributed by atoms with Crippen molar-refractivity contribution in [1.82, 2.24) is 10.2 Å². The Labute approximate surface area is 118 Å². The zero-order valence-electron chi connectivity index (χ0n) is 12.0. The highest BCUT2D eigenvalue weighted by Gasteiger charge is 2.15. The number of nitro groups is 1. The number of nitrogens with zero attached hydrogens (tertiary/aromatic N) is 2. The van der Waals surface area contributed by atoms with Crippen LogP contribution in [0.5, 0.6) is 0 Å². The summed E-state index contributed by atoms with van der Waals surface area (Å²) in [5, 5.41) is 16.3. The van der Waals surface area contributed by atoms with Crippen LogP contribution in [0.3, 0.4) is 0 Å². The fourth-order valence-corrected chi connectivity index (χ4v) is 1.66. The van der Waals surface area contributed by atoms with Gasteiger partial charge in [-0.15, -0.1) is 0 Å². The lowest BCUT2D eigenvalue weighted by atomic mass is 10.1. The molecule has 1 amide bonds. The lowest BCUT2D eigenvalue weighted by Gasteiger charge is -2.14. The van der Waals surface area contributed by atoms with E-state index < -0.39 is 4.92 Å². The van der Waals surface area contributed by atoms with Gasteiger partial charge in [-0.1, -0.05) is 6.92 Å². The molecule has 0 heterocycles. The second kappa shape index (κ2) is 7.44. The zero-order chi connectivity index (χ0) is 15.1. The van der Waals surface area contributed by atoms with E-state index in [9.17, 15) is 14.9 Å². The number of benzene rings is 1. The maximum Gasteiger partial charge on any atom is 0.292 e. The molecular formula is C13H20N4O3.